The molecule has 0 atom stereocenters. The number of carbonyl (C=O) groups is 2. The zero-order valence-electron chi connectivity index (χ0n) is 28.7. The fourth-order valence-corrected chi connectivity index (χ4v) is 6.35. The van der Waals surface area contributed by atoms with E-state index in [1.807, 2.05) is 29.2 Å². The average molecular weight is 679 g/mol. The van der Waals surface area contributed by atoms with Crippen LogP contribution in [-0.4, -0.2) is 121 Å². The molecule has 3 aromatic rings. The summed E-state index contributed by atoms with van der Waals surface area (Å²) in [6, 6.07) is 7.96. The maximum atomic E-state index is 12.8. The molecule has 1 saturated heterocycles. The van der Waals surface area contributed by atoms with E-state index in [1.54, 1.807) is 6.33 Å². The molecule has 1 aliphatic heterocycles. The van der Waals surface area contributed by atoms with Gasteiger partial charge in [-0.05, 0) is 50.8 Å². The first-order valence-electron chi connectivity index (χ1n) is 17.8. The molecule has 0 radical (unpaired) electrons. The number of Topliss-reactive ketones (excluding diaryl/α,β-unsaturated/α-hetero) is 1. The molecule has 6 rings (SSSR count). The number of piperazine rings is 1. The normalized spacial score (nSPS) is 17.6. The molecule has 0 bridgehead atoms. The molecule has 1 N–H and O–H groups in total. The molecule has 2 aliphatic carbocycles. The summed E-state index contributed by atoms with van der Waals surface area (Å²) in [4.78, 5) is 37.9. The number of aromatic nitrogens is 4. The summed E-state index contributed by atoms with van der Waals surface area (Å²) in [5, 5.41) is 8.61. The van der Waals surface area contributed by atoms with Crippen LogP contribution in [0, 0.1) is 5.92 Å². The van der Waals surface area contributed by atoms with Crippen molar-refractivity contribution >= 4 is 28.4 Å². The van der Waals surface area contributed by atoms with Crippen LogP contribution in [0.4, 0.5) is 5.82 Å². The van der Waals surface area contributed by atoms with Gasteiger partial charge in [-0.2, -0.15) is 5.10 Å². The fraction of sp³-hybridized carbons (Fsp3) is 0.639. The molecule has 13 nitrogen and oxygen atoms in total. The highest BCUT2D eigenvalue weighted by Crippen LogP contribution is 2.40. The Labute approximate surface area is 288 Å². The van der Waals surface area contributed by atoms with Gasteiger partial charge in [-0.25, -0.2) is 9.97 Å². The maximum absolute atomic E-state index is 12.8. The van der Waals surface area contributed by atoms with E-state index in [1.165, 1.54) is 12.8 Å². The zero-order chi connectivity index (χ0) is 33.9. The first-order chi connectivity index (χ1) is 24.0. The predicted molar refractivity (Wildman–Crippen MR) is 184 cm³/mol. The molecule has 3 fully saturated rings. The fourth-order valence-electron chi connectivity index (χ4n) is 6.35. The van der Waals surface area contributed by atoms with Gasteiger partial charge in [-0.1, -0.05) is 12.8 Å². The quantitative estimate of drug-likeness (QED) is 0.172. The van der Waals surface area contributed by atoms with Crippen LogP contribution in [0.1, 0.15) is 58.3 Å². The lowest BCUT2D eigenvalue weighted by Gasteiger charge is -2.35. The molecular weight excluding hydrogens is 628 g/mol. The van der Waals surface area contributed by atoms with Crippen LogP contribution >= 0.6 is 0 Å². The third-order valence-electron chi connectivity index (χ3n) is 9.58. The first-order valence-corrected chi connectivity index (χ1v) is 17.8. The van der Waals surface area contributed by atoms with E-state index in [0.29, 0.717) is 97.7 Å². The number of nitrogens with zero attached hydrogens (tertiary/aromatic N) is 5. The van der Waals surface area contributed by atoms with Gasteiger partial charge in [0.2, 0.25) is 5.91 Å². The van der Waals surface area contributed by atoms with Crippen LogP contribution in [0.2, 0.25) is 0 Å². The van der Waals surface area contributed by atoms with Gasteiger partial charge in [0.15, 0.2) is 0 Å². The third kappa shape index (κ3) is 10.2. The molecule has 0 spiro atoms. The minimum absolute atomic E-state index is 0.0579. The number of anilines is 1. The number of nitrogens with one attached hydrogen (secondary N) is 1. The Kier molecular flexibility index (Phi) is 12.4. The smallest absolute Gasteiger partial charge is 0.225 e. The van der Waals surface area contributed by atoms with E-state index < -0.39 is 0 Å². The van der Waals surface area contributed by atoms with Crippen LogP contribution in [0.3, 0.4) is 0 Å². The number of fused-ring (bicyclic) bond motifs is 1. The number of ketones is 1. The molecule has 3 aliphatic rings. The standard InChI is InChI=1S/C36H50N6O7/c1-36(10-11-36)49-28-6-7-30-29(24-28)35(40-39-30)31-25-33(38-26-37-31)41-12-14-42(15-13-41)34(44)9-17-46-19-21-48-23-22-47-20-18-45-16-8-32(43)27-4-2-3-5-27/h6-7,24-27H,2-5,8-23H2,1H3,(H,39,40). The minimum atomic E-state index is -0.0579. The molecule has 0 unspecified atom stereocenters. The van der Waals surface area contributed by atoms with Gasteiger partial charge in [0, 0.05) is 50.0 Å². The van der Waals surface area contributed by atoms with Crippen LogP contribution in [0.25, 0.3) is 22.3 Å². The monoisotopic (exact) mass is 678 g/mol. The Morgan fingerprint density at radius 2 is 1.49 bits per heavy atom. The SMILES string of the molecule is CC1(Oc2ccc3[nH]nc(-c4cc(N5CCN(C(=O)CCOCCOCCOCCOCCC(=O)C6CCCC6)CC5)ncn4)c3c2)CC1. The van der Waals surface area contributed by atoms with Crippen molar-refractivity contribution in [2.45, 2.75) is 63.9 Å². The molecule has 3 heterocycles. The number of rotatable bonds is 20. The van der Waals surface area contributed by atoms with E-state index in [9.17, 15) is 9.59 Å². The van der Waals surface area contributed by atoms with Gasteiger partial charge in [0.25, 0.3) is 0 Å². The van der Waals surface area contributed by atoms with Crippen molar-refractivity contribution in [2.24, 2.45) is 5.92 Å². The third-order valence-corrected chi connectivity index (χ3v) is 9.58. The molecule has 1 aromatic carbocycles. The zero-order valence-corrected chi connectivity index (χ0v) is 28.7. The topological polar surface area (TPSA) is 141 Å². The van der Waals surface area contributed by atoms with E-state index in [2.05, 4.69) is 32.0 Å². The van der Waals surface area contributed by atoms with E-state index >= 15 is 0 Å². The van der Waals surface area contributed by atoms with Crippen LogP contribution in [0.15, 0.2) is 30.6 Å². The number of hydrogen-bond donors (Lipinski definition) is 1. The number of hydrogen-bond acceptors (Lipinski definition) is 11. The molecule has 49 heavy (non-hydrogen) atoms. The highest BCUT2D eigenvalue weighted by Gasteiger charge is 2.40. The number of benzene rings is 1. The largest absolute Gasteiger partial charge is 0.488 e. The second kappa shape index (κ2) is 17.3. The van der Waals surface area contributed by atoms with E-state index in [0.717, 1.165) is 59.5 Å². The van der Waals surface area contributed by atoms with Crippen molar-refractivity contribution in [3.63, 3.8) is 0 Å². The molecule has 2 aromatic heterocycles. The second-order valence-electron chi connectivity index (χ2n) is 13.4. The van der Waals surface area contributed by atoms with Crippen molar-refractivity contribution in [2.75, 3.05) is 83.9 Å². The van der Waals surface area contributed by atoms with Gasteiger partial charge in [-0.15, -0.1) is 0 Å². The highest BCUT2D eigenvalue weighted by molar-refractivity contribution is 5.93. The minimum Gasteiger partial charge on any atom is -0.488 e. The summed E-state index contributed by atoms with van der Waals surface area (Å²) in [7, 11) is 0. The highest BCUT2D eigenvalue weighted by atomic mass is 16.6. The molecule has 266 valence electrons. The second-order valence-corrected chi connectivity index (χ2v) is 13.4. The number of ether oxygens (including phenoxy) is 5. The molecule has 13 heteroatoms. The number of aromatic amines is 1. The number of carbonyl (C=O) groups excluding carboxylic acids is 2. The van der Waals surface area contributed by atoms with Gasteiger partial charge < -0.3 is 33.5 Å². The lowest BCUT2D eigenvalue weighted by Crippen LogP contribution is -2.49. The number of H-pyrrole nitrogens is 1. The van der Waals surface area contributed by atoms with Crippen molar-refractivity contribution in [3.8, 4) is 17.1 Å². The lowest BCUT2D eigenvalue weighted by molar-refractivity contribution is -0.132. The predicted octanol–water partition coefficient (Wildman–Crippen LogP) is 4.21. The molecular formula is C36H50N6O7. The lowest BCUT2D eigenvalue weighted by atomic mass is 10.0. The van der Waals surface area contributed by atoms with Crippen molar-refractivity contribution < 1.29 is 33.3 Å². The Bertz CT molecular complexity index is 1510. The van der Waals surface area contributed by atoms with Crippen LogP contribution < -0.4 is 9.64 Å². The summed E-state index contributed by atoms with van der Waals surface area (Å²) in [6.07, 6.45) is 9.00. The number of amides is 1. The van der Waals surface area contributed by atoms with Crippen LogP contribution in [0.5, 0.6) is 5.75 Å². The van der Waals surface area contributed by atoms with E-state index in [-0.39, 0.29) is 17.4 Å². The Hall–Kier alpha value is -3.65. The summed E-state index contributed by atoms with van der Waals surface area (Å²) < 4.78 is 28.4. The van der Waals surface area contributed by atoms with Gasteiger partial charge in [0.05, 0.1) is 70.5 Å². The summed E-state index contributed by atoms with van der Waals surface area (Å²) >= 11 is 0. The molecule has 2 saturated carbocycles. The first kappa shape index (κ1) is 35.2. The molecule has 1 amide bonds. The Balaban J connectivity index is 0.809. The Morgan fingerprint density at radius 3 is 2.16 bits per heavy atom. The van der Waals surface area contributed by atoms with E-state index in [4.69, 9.17) is 23.7 Å². The Morgan fingerprint density at radius 1 is 0.837 bits per heavy atom. The average Bonchev–Trinajstić information content (AvgIpc) is 3.47. The summed E-state index contributed by atoms with van der Waals surface area (Å²) in [5.74, 6) is 2.34. The van der Waals surface area contributed by atoms with Crippen molar-refractivity contribution in [3.05, 3.63) is 30.6 Å². The van der Waals surface area contributed by atoms with Gasteiger partial charge in [-0.3, -0.25) is 14.7 Å². The summed E-state index contributed by atoms with van der Waals surface area (Å²) in [6.45, 7) is 8.33. The van der Waals surface area contributed by atoms with Crippen molar-refractivity contribution in [1.29, 1.82) is 0 Å². The van der Waals surface area contributed by atoms with Crippen LogP contribution in [-0.2, 0) is 28.5 Å². The van der Waals surface area contributed by atoms with Crippen molar-refractivity contribution in [1.82, 2.24) is 25.1 Å². The maximum Gasteiger partial charge on any atom is 0.225 e. The summed E-state index contributed by atoms with van der Waals surface area (Å²) in [5.41, 5.74) is 2.37. The van der Waals surface area contributed by atoms with Gasteiger partial charge >= 0.3 is 0 Å². The van der Waals surface area contributed by atoms with Gasteiger partial charge in [0.1, 0.15) is 35.0 Å².